The van der Waals surface area contributed by atoms with Gasteiger partial charge in [-0.25, -0.2) is 9.97 Å². The third-order valence-corrected chi connectivity index (χ3v) is 8.19. The van der Waals surface area contributed by atoms with E-state index in [2.05, 4.69) is 58.7 Å². The molecule has 204 valence electrons. The number of amides is 1. The van der Waals surface area contributed by atoms with Crippen LogP contribution in [0.2, 0.25) is 0 Å². The lowest BCUT2D eigenvalue weighted by Gasteiger charge is -2.36. The number of carbonyl (C=O) groups is 1. The second kappa shape index (κ2) is 11.2. The molecule has 4 aromatic rings. The number of rotatable bonds is 7. The van der Waals surface area contributed by atoms with Crippen LogP contribution < -0.4 is 20.5 Å². The minimum atomic E-state index is -0.264. The summed E-state index contributed by atoms with van der Waals surface area (Å²) in [5.41, 5.74) is 3.44. The average Bonchev–Trinajstić information content (AvgIpc) is 3.23. The SMILES string of the molecule is COc1cc(C)[nH]c(=O)c1CNC(=O)c1c(C)n(C(C)C2CCN(c3ncc(Br)cn3)CC2)c2ccccc12. The molecule has 0 aliphatic carbocycles. The van der Waals surface area contributed by atoms with E-state index in [9.17, 15) is 9.59 Å². The van der Waals surface area contributed by atoms with Gasteiger partial charge < -0.3 is 24.5 Å². The lowest BCUT2D eigenvalue weighted by molar-refractivity contribution is 0.0951. The number of halogens is 1. The molecule has 1 aliphatic rings. The van der Waals surface area contributed by atoms with Crippen LogP contribution in [0.4, 0.5) is 5.95 Å². The fraction of sp³-hybridized carbons (Fsp3) is 0.379. The van der Waals surface area contributed by atoms with Gasteiger partial charge in [0.15, 0.2) is 0 Å². The first kappa shape index (κ1) is 26.9. The largest absolute Gasteiger partial charge is 0.496 e. The highest BCUT2D eigenvalue weighted by Crippen LogP contribution is 2.36. The van der Waals surface area contributed by atoms with Gasteiger partial charge in [0.05, 0.1) is 29.3 Å². The normalized spacial score (nSPS) is 14.9. The van der Waals surface area contributed by atoms with Gasteiger partial charge in [0, 0.05) is 53.8 Å². The van der Waals surface area contributed by atoms with Crippen LogP contribution in [0.15, 0.2) is 52.0 Å². The number of aryl methyl sites for hydroxylation is 1. The number of fused-ring (bicyclic) bond motifs is 1. The molecule has 0 radical (unpaired) electrons. The zero-order valence-electron chi connectivity index (χ0n) is 22.6. The number of benzene rings is 1. The van der Waals surface area contributed by atoms with Crippen molar-refractivity contribution < 1.29 is 9.53 Å². The Morgan fingerprint density at radius 2 is 1.90 bits per heavy atom. The van der Waals surface area contributed by atoms with Crippen LogP contribution in [0.3, 0.4) is 0 Å². The minimum absolute atomic E-state index is 0.0721. The number of carbonyl (C=O) groups excluding carboxylic acids is 1. The number of pyridine rings is 1. The van der Waals surface area contributed by atoms with E-state index in [1.54, 1.807) is 25.4 Å². The standard InChI is InChI=1S/C29H33BrN6O3/c1-17-13-25(39-4)23(27(37)34-17)16-31-28(38)26-19(3)36(24-8-6-5-7-22(24)26)18(2)20-9-11-35(12-10-20)29-32-14-21(30)15-33-29/h5-8,13-15,18,20H,9-12,16H2,1-4H3,(H,31,38)(H,34,37). The smallest absolute Gasteiger partial charge is 0.256 e. The topological polar surface area (TPSA) is 105 Å². The number of para-hydroxylation sites is 1. The van der Waals surface area contributed by atoms with Gasteiger partial charge in [0.25, 0.3) is 11.5 Å². The van der Waals surface area contributed by atoms with Crippen LogP contribution in [-0.4, -0.2) is 45.6 Å². The number of aromatic nitrogens is 4. The first-order valence-electron chi connectivity index (χ1n) is 13.2. The number of aromatic amines is 1. The maximum atomic E-state index is 13.6. The van der Waals surface area contributed by atoms with Crippen LogP contribution >= 0.6 is 15.9 Å². The van der Waals surface area contributed by atoms with Crippen molar-refractivity contribution >= 4 is 38.7 Å². The summed E-state index contributed by atoms with van der Waals surface area (Å²) in [6.45, 7) is 7.89. The number of piperidine rings is 1. The number of nitrogens with one attached hydrogen (secondary N) is 2. The van der Waals surface area contributed by atoms with Crippen molar-refractivity contribution in [1.29, 1.82) is 0 Å². The number of methoxy groups -OCH3 is 1. The van der Waals surface area contributed by atoms with E-state index in [-0.39, 0.29) is 24.1 Å². The second-order valence-corrected chi connectivity index (χ2v) is 11.0. The summed E-state index contributed by atoms with van der Waals surface area (Å²) in [4.78, 5) is 40.0. The van der Waals surface area contributed by atoms with Gasteiger partial charge in [-0.15, -0.1) is 0 Å². The average molecular weight is 594 g/mol. The van der Waals surface area contributed by atoms with Crippen molar-refractivity contribution in [3.63, 3.8) is 0 Å². The molecule has 1 atom stereocenters. The van der Waals surface area contributed by atoms with E-state index in [1.165, 1.54) is 7.11 Å². The minimum Gasteiger partial charge on any atom is -0.496 e. The first-order valence-corrected chi connectivity index (χ1v) is 13.9. The zero-order valence-corrected chi connectivity index (χ0v) is 24.2. The van der Waals surface area contributed by atoms with E-state index >= 15 is 0 Å². The van der Waals surface area contributed by atoms with Gasteiger partial charge in [-0.05, 0) is 67.6 Å². The molecule has 39 heavy (non-hydrogen) atoms. The molecule has 1 aromatic carbocycles. The summed E-state index contributed by atoms with van der Waals surface area (Å²) < 4.78 is 8.57. The summed E-state index contributed by atoms with van der Waals surface area (Å²) >= 11 is 3.40. The Labute approximate surface area is 235 Å². The molecule has 0 spiro atoms. The molecule has 1 aliphatic heterocycles. The maximum absolute atomic E-state index is 13.6. The van der Waals surface area contributed by atoms with Crippen molar-refractivity contribution in [1.82, 2.24) is 24.8 Å². The Hall–Kier alpha value is -3.66. The molecule has 0 saturated carbocycles. The summed E-state index contributed by atoms with van der Waals surface area (Å²) in [6, 6.07) is 10.00. The Balaban J connectivity index is 1.37. The van der Waals surface area contributed by atoms with Gasteiger partial charge in [-0.1, -0.05) is 18.2 Å². The predicted molar refractivity (Wildman–Crippen MR) is 156 cm³/mol. The third-order valence-electron chi connectivity index (χ3n) is 7.78. The van der Waals surface area contributed by atoms with E-state index < -0.39 is 0 Å². The molecular weight excluding hydrogens is 560 g/mol. The van der Waals surface area contributed by atoms with Crippen LogP contribution in [0.5, 0.6) is 5.75 Å². The van der Waals surface area contributed by atoms with E-state index in [4.69, 9.17) is 4.74 Å². The summed E-state index contributed by atoms with van der Waals surface area (Å²) in [7, 11) is 1.52. The number of H-pyrrole nitrogens is 1. The van der Waals surface area contributed by atoms with Gasteiger partial charge >= 0.3 is 0 Å². The fourth-order valence-corrected chi connectivity index (χ4v) is 5.96. The van der Waals surface area contributed by atoms with Crippen LogP contribution in [0, 0.1) is 19.8 Å². The molecule has 0 bridgehead atoms. The van der Waals surface area contributed by atoms with Crippen LogP contribution in [0.1, 0.15) is 53.1 Å². The monoisotopic (exact) mass is 592 g/mol. The van der Waals surface area contributed by atoms with Crippen LogP contribution in [-0.2, 0) is 6.54 Å². The highest BCUT2D eigenvalue weighted by atomic mass is 79.9. The molecule has 1 amide bonds. The van der Waals surface area contributed by atoms with Crippen molar-refractivity contribution in [3.8, 4) is 5.75 Å². The molecule has 2 N–H and O–H groups in total. The van der Waals surface area contributed by atoms with Crippen LogP contribution in [0.25, 0.3) is 10.9 Å². The van der Waals surface area contributed by atoms with E-state index in [0.717, 1.165) is 52.9 Å². The number of ether oxygens (including phenoxy) is 1. The number of anilines is 1. The first-order chi connectivity index (χ1) is 18.8. The Morgan fingerprint density at radius 3 is 2.59 bits per heavy atom. The molecule has 4 heterocycles. The lowest BCUT2D eigenvalue weighted by Crippen LogP contribution is -2.37. The van der Waals surface area contributed by atoms with E-state index in [1.807, 2.05) is 25.1 Å². The predicted octanol–water partition coefficient (Wildman–Crippen LogP) is 4.92. The molecule has 9 nitrogen and oxygen atoms in total. The molecule has 10 heteroatoms. The van der Waals surface area contributed by atoms with Gasteiger partial charge in [-0.2, -0.15) is 0 Å². The van der Waals surface area contributed by atoms with Crippen molar-refractivity contribution in [2.75, 3.05) is 25.1 Å². The van der Waals surface area contributed by atoms with Crippen molar-refractivity contribution in [2.45, 2.75) is 46.2 Å². The third kappa shape index (κ3) is 5.30. The Kier molecular flexibility index (Phi) is 7.74. The Morgan fingerprint density at radius 1 is 1.21 bits per heavy atom. The second-order valence-electron chi connectivity index (χ2n) is 10.1. The number of hydrogen-bond acceptors (Lipinski definition) is 6. The highest BCUT2D eigenvalue weighted by Gasteiger charge is 2.30. The lowest BCUT2D eigenvalue weighted by atomic mass is 9.90. The van der Waals surface area contributed by atoms with Gasteiger partial charge in [0.2, 0.25) is 5.95 Å². The number of hydrogen-bond donors (Lipinski definition) is 2. The molecular formula is C29H33BrN6O3. The quantitative estimate of drug-likeness (QED) is 0.316. The zero-order chi connectivity index (χ0) is 27.7. The fourth-order valence-electron chi connectivity index (χ4n) is 5.76. The summed E-state index contributed by atoms with van der Waals surface area (Å²) in [5, 5.41) is 3.87. The molecule has 1 unspecified atom stereocenters. The van der Waals surface area contributed by atoms with Gasteiger partial charge in [0.1, 0.15) is 5.75 Å². The highest BCUT2D eigenvalue weighted by molar-refractivity contribution is 9.10. The summed E-state index contributed by atoms with van der Waals surface area (Å²) in [5.74, 6) is 1.45. The van der Waals surface area contributed by atoms with E-state index in [0.29, 0.717) is 28.5 Å². The number of nitrogens with zero attached hydrogens (tertiary/aromatic N) is 4. The Bertz CT molecular complexity index is 1550. The molecule has 1 saturated heterocycles. The van der Waals surface area contributed by atoms with Gasteiger partial charge in [-0.3, -0.25) is 9.59 Å². The van der Waals surface area contributed by atoms with Crippen molar-refractivity contribution in [2.24, 2.45) is 5.92 Å². The molecule has 5 rings (SSSR count). The molecule has 3 aromatic heterocycles. The maximum Gasteiger partial charge on any atom is 0.256 e. The van der Waals surface area contributed by atoms with Crippen molar-refractivity contribution in [3.05, 3.63) is 80.1 Å². The molecule has 1 fully saturated rings. The summed E-state index contributed by atoms with van der Waals surface area (Å²) in [6.07, 6.45) is 5.57.